The molecule has 0 radical (unpaired) electrons. The second kappa shape index (κ2) is 16.5. The lowest BCUT2D eigenvalue weighted by atomic mass is 10.1. The van der Waals surface area contributed by atoms with E-state index >= 15 is 0 Å². The van der Waals surface area contributed by atoms with Gasteiger partial charge in [-0.05, 0) is 104 Å². The number of nitrogens with two attached hydrogens (primary N) is 5. The molecule has 0 saturated carbocycles. The molecule has 1 aliphatic heterocycles. The minimum Gasteiger partial charge on any atom is -0.330 e. The highest BCUT2D eigenvalue weighted by molar-refractivity contribution is 4.92. The molecule has 0 aromatic heterocycles. The summed E-state index contributed by atoms with van der Waals surface area (Å²) in [5.41, 5.74) is 28.9. The highest BCUT2D eigenvalue weighted by Gasteiger charge is 2.35. The molecule has 8 nitrogen and oxygen atoms in total. The van der Waals surface area contributed by atoms with E-state index < -0.39 is 0 Å². The molecule has 0 aromatic rings. The van der Waals surface area contributed by atoms with Crippen LogP contribution in [0.3, 0.4) is 0 Å². The van der Waals surface area contributed by atoms with Gasteiger partial charge in [-0.2, -0.15) is 0 Å². The summed E-state index contributed by atoms with van der Waals surface area (Å²) in [6, 6.07) is 1.16. The van der Waals surface area contributed by atoms with Gasteiger partial charge in [0.1, 0.15) is 0 Å². The summed E-state index contributed by atoms with van der Waals surface area (Å²) in [6.45, 7) is 11.3. The largest absolute Gasteiger partial charge is 0.330 e. The van der Waals surface area contributed by atoms with Crippen molar-refractivity contribution in [1.82, 2.24) is 14.7 Å². The van der Waals surface area contributed by atoms with Gasteiger partial charge in [-0.3, -0.25) is 9.80 Å². The SMILES string of the molecule is NCCCN(CCCN)C[C@H]1C[C@H](N(CCCN)CCCN)CN1CCCN. The van der Waals surface area contributed by atoms with Gasteiger partial charge in [-0.15, -0.1) is 0 Å². The van der Waals surface area contributed by atoms with E-state index in [0.29, 0.717) is 12.1 Å². The first-order valence-corrected chi connectivity index (χ1v) is 11.4. The lowest BCUT2D eigenvalue weighted by molar-refractivity contribution is 0.166. The molecule has 0 spiro atoms. The summed E-state index contributed by atoms with van der Waals surface area (Å²) >= 11 is 0. The lowest BCUT2D eigenvalue weighted by Gasteiger charge is -2.30. The Labute approximate surface area is 173 Å². The van der Waals surface area contributed by atoms with Crippen molar-refractivity contribution in [1.29, 1.82) is 0 Å². The van der Waals surface area contributed by atoms with Crippen LogP contribution in [0.15, 0.2) is 0 Å². The van der Waals surface area contributed by atoms with E-state index in [0.717, 1.165) is 111 Å². The second-order valence-corrected chi connectivity index (χ2v) is 8.09. The molecule has 1 saturated heterocycles. The summed E-state index contributed by atoms with van der Waals surface area (Å²) in [7, 11) is 0. The number of hydrogen-bond acceptors (Lipinski definition) is 8. The van der Waals surface area contributed by atoms with E-state index in [1.54, 1.807) is 0 Å². The summed E-state index contributed by atoms with van der Waals surface area (Å²) in [4.78, 5) is 7.85. The van der Waals surface area contributed by atoms with Crippen LogP contribution in [-0.4, -0.2) is 105 Å². The molecule has 168 valence electrons. The van der Waals surface area contributed by atoms with Crippen LogP contribution in [0.2, 0.25) is 0 Å². The molecule has 0 aromatic carbocycles. The van der Waals surface area contributed by atoms with Gasteiger partial charge in [0.25, 0.3) is 0 Å². The van der Waals surface area contributed by atoms with E-state index in [9.17, 15) is 0 Å². The molecule has 0 amide bonds. The number of rotatable bonds is 18. The maximum absolute atomic E-state index is 5.81. The van der Waals surface area contributed by atoms with Gasteiger partial charge in [0.15, 0.2) is 0 Å². The minimum absolute atomic E-state index is 0.574. The molecule has 1 rings (SSSR count). The zero-order valence-electron chi connectivity index (χ0n) is 18.1. The number of hydrogen-bond donors (Lipinski definition) is 5. The molecule has 1 fully saturated rings. The Balaban J connectivity index is 2.75. The second-order valence-electron chi connectivity index (χ2n) is 8.09. The van der Waals surface area contributed by atoms with Crippen molar-refractivity contribution in [2.45, 2.75) is 50.6 Å². The van der Waals surface area contributed by atoms with Crippen LogP contribution in [0.4, 0.5) is 0 Å². The molecule has 1 heterocycles. The first kappa shape index (κ1) is 25.7. The predicted molar refractivity (Wildman–Crippen MR) is 120 cm³/mol. The van der Waals surface area contributed by atoms with Gasteiger partial charge in [0, 0.05) is 25.2 Å². The normalized spacial score (nSPS) is 20.7. The maximum Gasteiger partial charge on any atom is 0.0239 e. The Hall–Kier alpha value is -0.320. The van der Waals surface area contributed by atoms with Gasteiger partial charge in [0.05, 0.1) is 0 Å². The standard InChI is InChI=1S/C20H48N8/c21-6-1-11-26(12-2-7-22)17-19-16-20(18-28(19)15-5-10-25)27(13-3-8-23)14-4-9-24/h19-20H,1-18,21-25H2/t19-,20+/m1/s1. The van der Waals surface area contributed by atoms with Crippen molar-refractivity contribution >= 4 is 0 Å². The van der Waals surface area contributed by atoms with Crippen LogP contribution in [0.5, 0.6) is 0 Å². The Morgan fingerprint density at radius 2 is 1.18 bits per heavy atom. The van der Waals surface area contributed by atoms with Gasteiger partial charge in [-0.1, -0.05) is 0 Å². The first-order chi connectivity index (χ1) is 13.7. The topological polar surface area (TPSA) is 140 Å². The Morgan fingerprint density at radius 3 is 1.68 bits per heavy atom. The van der Waals surface area contributed by atoms with Crippen molar-refractivity contribution in [3.8, 4) is 0 Å². The van der Waals surface area contributed by atoms with Crippen molar-refractivity contribution in [3.63, 3.8) is 0 Å². The summed E-state index contributed by atoms with van der Waals surface area (Å²) < 4.78 is 0. The summed E-state index contributed by atoms with van der Waals surface area (Å²) in [5, 5.41) is 0. The minimum atomic E-state index is 0.574. The maximum atomic E-state index is 5.81. The first-order valence-electron chi connectivity index (χ1n) is 11.4. The zero-order valence-corrected chi connectivity index (χ0v) is 18.1. The smallest absolute Gasteiger partial charge is 0.0239 e. The number of likely N-dealkylation sites (tertiary alicyclic amines) is 1. The van der Waals surface area contributed by atoms with Crippen LogP contribution in [-0.2, 0) is 0 Å². The van der Waals surface area contributed by atoms with Crippen LogP contribution in [0.1, 0.15) is 38.5 Å². The lowest BCUT2D eigenvalue weighted by Crippen LogP contribution is -2.42. The van der Waals surface area contributed by atoms with E-state index in [1.165, 1.54) is 6.42 Å². The van der Waals surface area contributed by atoms with Crippen LogP contribution < -0.4 is 28.7 Å². The summed E-state index contributed by atoms with van der Waals surface area (Å²) in [6.07, 6.45) is 6.45. The monoisotopic (exact) mass is 400 g/mol. The molecular weight excluding hydrogens is 352 g/mol. The predicted octanol–water partition coefficient (Wildman–Crippen LogP) is -1.22. The number of nitrogens with zero attached hydrogens (tertiary/aromatic N) is 3. The molecule has 8 heteroatoms. The fourth-order valence-corrected chi connectivity index (χ4v) is 4.27. The van der Waals surface area contributed by atoms with Crippen LogP contribution >= 0.6 is 0 Å². The molecule has 0 aliphatic carbocycles. The van der Waals surface area contributed by atoms with E-state index in [4.69, 9.17) is 28.7 Å². The van der Waals surface area contributed by atoms with E-state index in [2.05, 4.69) is 14.7 Å². The molecule has 10 N–H and O–H groups in total. The highest BCUT2D eigenvalue weighted by Crippen LogP contribution is 2.24. The fourth-order valence-electron chi connectivity index (χ4n) is 4.27. The van der Waals surface area contributed by atoms with Gasteiger partial charge in [-0.25, -0.2) is 0 Å². The zero-order chi connectivity index (χ0) is 20.6. The van der Waals surface area contributed by atoms with E-state index in [-0.39, 0.29) is 0 Å². The van der Waals surface area contributed by atoms with Crippen molar-refractivity contribution < 1.29 is 0 Å². The Morgan fingerprint density at radius 1 is 0.679 bits per heavy atom. The van der Waals surface area contributed by atoms with E-state index in [1.807, 2.05) is 0 Å². The fraction of sp³-hybridized carbons (Fsp3) is 1.00. The summed E-state index contributed by atoms with van der Waals surface area (Å²) in [5.74, 6) is 0. The Bertz CT molecular complexity index is 341. The molecular formula is C20H48N8. The van der Waals surface area contributed by atoms with Gasteiger partial charge < -0.3 is 33.6 Å². The molecule has 1 aliphatic rings. The third-order valence-corrected chi connectivity index (χ3v) is 5.80. The quantitative estimate of drug-likeness (QED) is 0.193. The molecule has 28 heavy (non-hydrogen) atoms. The van der Waals surface area contributed by atoms with Gasteiger partial charge in [0.2, 0.25) is 0 Å². The third kappa shape index (κ3) is 9.93. The average Bonchev–Trinajstić information content (AvgIpc) is 3.10. The van der Waals surface area contributed by atoms with Gasteiger partial charge >= 0.3 is 0 Å². The Kier molecular flexibility index (Phi) is 15.1. The van der Waals surface area contributed by atoms with Crippen LogP contribution in [0, 0.1) is 0 Å². The average molecular weight is 401 g/mol. The molecule has 2 atom stereocenters. The van der Waals surface area contributed by atoms with Crippen molar-refractivity contribution in [2.75, 3.05) is 78.5 Å². The highest BCUT2D eigenvalue weighted by atomic mass is 15.3. The van der Waals surface area contributed by atoms with Crippen molar-refractivity contribution in [3.05, 3.63) is 0 Å². The van der Waals surface area contributed by atoms with Crippen LogP contribution in [0.25, 0.3) is 0 Å². The molecule has 0 unspecified atom stereocenters. The van der Waals surface area contributed by atoms with Crippen molar-refractivity contribution in [2.24, 2.45) is 28.7 Å². The molecule has 0 bridgehead atoms. The third-order valence-electron chi connectivity index (χ3n) is 5.80.